The van der Waals surface area contributed by atoms with Gasteiger partial charge in [0.2, 0.25) is 11.8 Å². The Morgan fingerprint density at radius 2 is 1.58 bits per heavy atom. The molecule has 2 unspecified atom stereocenters. The number of benzene rings is 1. The van der Waals surface area contributed by atoms with Gasteiger partial charge in [0, 0.05) is 12.1 Å². The zero-order chi connectivity index (χ0) is 29.1. The molecule has 8 heteroatoms. The van der Waals surface area contributed by atoms with Crippen LogP contribution in [0.4, 0.5) is 4.79 Å². The van der Waals surface area contributed by atoms with Crippen molar-refractivity contribution in [2.75, 3.05) is 13.2 Å². The molecular formula is C30H51N3O5. The second kappa shape index (κ2) is 15.1. The van der Waals surface area contributed by atoms with E-state index in [0.29, 0.717) is 13.0 Å². The molecule has 0 aliphatic heterocycles. The third kappa shape index (κ3) is 11.4. The number of nitrogens with one attached hydrogen (secondary N) is 2. The molecule has 0 heterocycles. The quantitative estimate of drug-likeness (QED) is 0.297. The fourth-order valence-corrected chi connectivity index (χ4v) is 4.22. The molecule has 3 N–H and O–H groups in total. The summed E-state index contributed by atoms with van der Waals surface area (Å²) < 4.78 is 5.32. The normalized spacial score (nSPS) is 13.4. The summed E-state index contributed by atoms with van der Waals surface area (Å²) in [5.41, 5.74) is 1.36. The minimum Gasteiger partial charge on any atom is -0.444 e. The second-order valence-corrected chi connectivity index (χ2v) is 12.1. The fraction of sp³-hybridized carbons (Fsp3) is 0.700. The second-order valence-electron chi connectivity index (χ2n) is 12.1. The van der Waals surface area contributed by atoms with Gasteiger partial charge in [-0.15, -0.1) is 0 Å². The number of carbonyl (C=O) groups is 3. The van der Waals surface area contributed by atoms with Gasteiger partial charge in [-0.3, -0.25) is 9.59 Å². The van der Waals surface area contributed by atoms with Gasteiger partial charge in [0.25, 0.3) is 0 Å². The van der Waals surface area contributed by atoms with Crippen molar-refractivity contribution < 1.29 is 24.2 Å². The maximum atomic E-state index is 13.9. The Hall–Kier alpha value is -2.61. The highest BCUT2D eigenvalue weighted by molar-refractivity contribution is 5.92. The maximum absolute atomic E-state index is 13.9. The van der Waals surface area contributed by atoms with Crippen molar-refractivity contribution in [1.29, 1.82) is 0 Å². The molecule has 0 saturated carbocycles. The van der Waals surface area contributed by atoms with Gasteiger partial charge in [-0.25, -0.2) is 4.79 Å². The van der Waals surface area contributed by atoms with Gasteiger partial charge in [0.1, 0.15) is 17.7 Å². The van der Waals surface area contributed by atoms with Crippen LogP contribution < -0.4 is 10.6 Å². The summed E-state index contributed by atoms with van der Waals surface area (Å²) >= 11 is 0. The highest BCUT2D eigenvalue weighted by Gasteiger charge is 2.37. The number of hydrogen-bond acceptors (Lipinski definition) is 5. The van der Waals surface area contributed by atoms with Gasteiger partial charge in [-0.05, 0) is 78.5 Å². The fourth-order valence-electron chi connectivity index (χ4n) is 4.22. The monoisotopic (exact) mass is 533 g/mol. The Bertz CT molecular complexity index is 917. The van der Waals surface area contributed by atoms with Crippen molar-refractivity contribution >= 4 is 17.9 Å². The van der Waals surface area contributed by atoms with E-state index >= 15 is 0 Å². The van der Waals surface area contributed by atoms with Crippen LogP contribution >= 0.6 is 0 Å². The number of aryl methyl sites for hydroxylation is 1. The van der Waals surface area contributed by atoms with Crippen LogP contribution in [0.5, 0.6) is 0 Å². The Kier molecular flexibility index (Phi) is 13.3. The standard InChI is InChI=1S/C30H51N3O5/c1-10-11-12-13-14-15-19-33(27(36)24(20-34)31-28(37)38-30(7,8)9)25(26(35)32-29(4,5)6)23-18-16-17-21(2)22(23)3/h16-18,24-25,34H,10-15,19-20H2,1-9H3,(H,31,37)(H,32,35). The molecule has 38 heavy (non-hydrogen) atoms. The Labute approximate surface area is 229 Å². The molecule has 3 amide bonds. The number of rotatable bonds is 13. The first kappa shape index (κ1) is 33.4. The van der Waals surface area contributed by atoms with E-state index in [9.17, 15) is 19.5 Å². The molecule has 8 nitrogen and oxygen atoms in total. The van der Waals surface area contributed by atoms with Crippen LogP contribution in [0.1, 0.15) is 110 Å². The Morgan fingerprint density at radius 3 is 2.13 bits per heavy atom. The van der Waals surface area contributed by atoms with Crippen molar-refractivity contribution in [1.82, 2.24) is 15.5 Å². The predicted molar refractivity (Wildman–Crippen MR) is 152 cm³/mol. The number of hydrogen-bond donors (Lipinski definition) is 3. The van der Waals surface area contributed by atoms with Crippen LogP contribution in [0.2, 0.25) is 0 Å². The largest absolute Gasteiger partial charge is 0.444 e. The van der Waals surface area contributed by atoms with E-state index in [1.807, 2.05) is 52.8 Å². The lowest BCUT2D eigenvalue weighted by Gasteiger charge is -2.36. The highest BCUT2D eigenvalue weighted by Crippen LogP contribution is 2.28. The topological polar surface area (TPSA) is 108 Å². The molecule has 2 atom stereocenters. The minimum absolute atomic E-state index is 0.306. The number of ether oxygens (including phenoxy) is 1. The summed E-state index contributed by atoms with van der Waals surface area (Å²) in [5.74, 6) is -0.832. The van der Waals surface area contributed by atoms with Crippen LogP contribution in [0, 0.1) is 13.8 Å². The smallest absolute Gasteiger partial charge is 0.408 e. The van der Waals surface area contributed by atoms with Gasteiger partial charge >= 0.3 is 6.09 Å². The average molecular weight is 534 g/mol. The number of aliphatic hydroxyl groups is 1. The molecule has 0 aromatic heterocycles. The molecule has 0 saturated heterocycles. The Balaban J connectivity index is 3.45. The maximum Gasteiger partial charge on any atom is 0.408 e. The summed E-state index contributed by atoms with van der Waals surface area (Å²) in [5, 5.41) is 15.7. The van der Waals surface area contributed by atoms with E-state index in [1.165, 1.54) is 4.90 Å². The predicted octanol–water partition coefficient (Wildman–Crippen LogP) is 5.33. The van der Waals surface area contributed by atoms with Crippen LogP contribution in [0.15, 0.2) is 18.2 Å². The van der Waals surface area contributed by atoms with E-state index in [0.717, 1.165) is 48.8 Å². The summed E-state index contributed by atoms with van der Waals surface area (Å²) in [6.07, 6.45) is 5.27. The summed E-state index contributed by atoms with van der Waals surface area (Å²) in [6.45, 7) is 16.6. The van der Waals surface area contributed by atoms with Crippen molar-refractivity contribution in [3.63, 3.8) is 0 Å². The first-order chi connectivity index (χ1) is 17.6. The number of carbonyl (C=O) groups excluding carboxylic acids is 3. The molecule has 0 fully saturated rings. The highest BCUT2D eigenvalue weighted by atomic mass is 16.6. The number of nitrogens with zero attached hydrogens (tertiary/aromatic N) is 1. The molecule has 0 spiro atoms. The SMILES string of the molecule is CCCCCCCCN(C(=O)C(CO)NC(=O)OC(C)(C)C)C(C(=O)NC(C)(C)C)c1cccc(C)c1C. The van der Waals surface area contributed by atoms with Gasteiger partial charge in [-0.1, -0.05) is 57.2 Å². The van der Waals surface area contributed by atoms with Crippen LogP contribution in [0.25, 0.3) is 0 Å². The number of amides is 3. The van der Waals surface area contributed by atoms with Crippen LogP contribution in [-0.2, 0) is 14.3 Å². The van der Waals surface area contributed by atoms with Crippen molar-refractivity contribution in [3.05, 3.63) is 34.9 Å². The third-order valence-electron chi connectivity index (χ3n) is 6.21. The van der Waals surface area contributed by atoms with Gasteiger partial charge < -0.3 is 25.4 Å². The van der Waals surface area contributed by atoms with E-state index in [-0.39, 0.29) is 5.91 Å². The number of unbranched alkanes of at least 4 members (excludes halogenated alkanes) is 5. The summed E-state index contributed by atoms with van der Waals surface area (Å²) in [7, 11) is 0. The average Bonchev–Trinajstić information content (AvgIpc) is 2.78. The van der Waals surface area contributed by atoms with Crippen LogP contribution in [0.3, 0.4) is 0 Å². The van der Waals surface area contributed by atoms with E-state index in [2.05, 4.69) is 17.6 Å². The van der Waals surface area contributed by atoms with Gasteiger partial charge in [0.05, 0.1) is 6.61 Å². The van der Waals surface area contributed by atoms with Crippen molar-refractivity contribution in [2.45, 2.75) is 124 Å². The van der Waals surface area contributed by atoms with Crippen molar-refractivity contribution in [3.8, 4) is 0 Å². The molecular weight excluding hydrogens is 482 g/mol. The lowest BCUT2D eigenvalue weighted by Crippen LogP contribution is -2.56. The Morgan fingerprint density at radius 1 is 0.974 bits per heavy atom. The third-order valence-corrected chi connectivity index (χ3v) is 6.21. The molecule has 0 aliphatic carbocycles. The minimum atomic E-state index is -1.25. The molecule has 0 aliphatic rings. The molecule has 1 aromatic carbocycles. The lowest BCUT2D eigenvalue weighted by molar-refractivity contribution is -0.144. The lowest BCUT2D eigenvalue weighted by atomic mass is 9.94. The first-order valence-corrected chi connectivity index (χ1v) is 13.9. The molecule has 1 aromatic rings. The first-order valence-electron chi connectivity index (χ1n) is 13.9. The van der Waals surface area contributed by atoms with E-state index in [1.54, 1.807) is 20.8 Å². The number of aliphatic hydroxyl groups excluding tert-OH is 1. The van der Waals surface area contributed by atoms with E-state index < -0.39 is 41.8 Å². The van der Waals surface area contributed by atoms with Gasteiger partial charge in [0.15, 0.2) is 0 Å². The number of alkyl carbamates (subject to hydrolysis) is 1. The zero-order valence-corrected chi connectivity index (χ0v) is 25.1. The van der Waals surface area contributed by atoms with Gasteiger partial charge in [-0.2, -0.15) is 0 Å². The zero-order valence-electron chi connectivity index (χ0n) is 25.1. The molecule has 0 radical (unpaired) electrons. The summed E-state index contributed by atoms with van der Waals surface area (Å²) in [4.78, 5) is 41.7. The van der Waals surface area contributed by atoms with Crippen LogP contribution in [-0.4, -0.2) is 58.2 Å². The molecule has 1 rings (SSSR count). The van der Waals surface area contributed by atoms with E-state index in [4.69, 9.17) is 4.74 Å². The van der Waals surface area contributed by atoms with Crippen molar-refractivity contribution in [2.24, 2.45) is 0 Å². The molecule has 0 bridgehead atoms. The summed E-state index contributed by atoms with van der Waals surface area (Å²) in [6, 6.07) is 3.54. The molecule has 216 valence electrons.